The summed E-state index contributed by atoms with van der Waals surface area (Å²) >= 11 is 0. The second-order valence-electron chi connectivity index (χ2n) is 6.41. The Balaban J connectivity index is 1.34. The standard InChI is InChI=1S/C16H17NO4/c18-14(19)16-7-10-6-11(16)12(16)13(10)17-15(20)21-8-9-4-2-1-3-5-9/h1-5,10-13H,6-8H2,(H,17,20)(H,18,19). The van der Waals surface area contributed by atoms with Gasteiger partial charge in [0.1, 0.15) is 6.61 Å². The molecule has 110 valence electrons. The third-order valence-electron chi connectivity index (χ3n) is 5.53. The molecule has 5 rings (SSSR count). The number of nitrogens with one attached hydrogen (secondary N) is 1. The Morgan fingerprint density at radius 1 is 1.33 bits per heavy atom. The highest BCUT2D eigenvalue weighted by molar-refractivity contribution is 5.82. The predicted molar refractivity (Wildman–Crippen MR) is 73.3 cm³/mol. The zero-order valence-corrected chi connectivity index (χ0v) is 11.5. The first-order chi connectivity index (χ1) is 10.1. The Hall–Kier alpha value is -2.04. The molecule has 0 heterocycles. The lowest BCUT2D eigenvalue weighted by molar-refractivity contribution is -0.143. The molecule has 2 N–H and O–H groups in total. The van der Waals surface area contributed by atoms with Gasteiger partial charge in [-0.2, -0.15) is 0 Å². The van der Waals surface area contributed by atoms with Gasteiger partial charge >= 0.3 is 12.1 Å². The van der Waals surface area contributed by atoms with Crippen LogP contribution in [-0.4, -0.2) is 23.2 Å². The minimum absolute atomic E-state index is 0.0191. The summed E-state index contributed by atoms with van der Waals surface area (Å²) in [6, 6.07) is 9.48. The van der Waals surface area contributed by atoms with Crippen LogP contribution < -0.4 is 5.32 Å². The van der Waals surface area contributed by atoms with Crippen molar-refractivity contribution < 1.29 is 19.4 Å². The second kappa shape index (κ2) is 4.23. The van der Waals surface area contributed by atoms with Gasteiger partial charge in [0.15, 0.2) is 0 Å². The maximum absolute atomic E-state index is 11.9. The van der Waals surface area contributed by atoms with Crippen LogP contribution in [0.15, 0.2) is 30.3 Å². The molecule has 1 amide bonds. The molecule has 0 aromatic heterocycles. The molecule has 0 aliphatic heterocycles. The average molecular weight is 287 g/mol. The Labute approximate surface area is 122 Å². The van der Waals surface area contributed by atoms with Gasteiger partial charge in [0.2, 0.25) is 0 Å². The van der Waals surface area contributed by atoms with Gasteiger partial charge in [-0.1, -0.05) is 30.3 Å². The van der Waals surface area contributed by atoms with Gasteiger partial charge < -0.3 is 15.2 Å². The van der Waals surface area contributed by atoms with E-state index < -0.39 is 17.5 Å². The van der Waals surface area contributed by atoms with Crippen molar-refractivity contribution in [2.45, 2.75) is 25.5 Å². The molecule has 5 atom stereocenters. The highest BCUT2D eigenvalue weighted by atomic mass is 16.5. The van der Waals surface area contributed by atoms with Crippen LogP contribution in [0.25, 0.3) is 0 Å². The fraction of sp³-hybridized carbons (Fsp3) is 0.500. The van der Waals surface area contributed by atoms with Crippen LogP contribution in [0.3, 0.4) is 0 Å². The van der Waals surface area contributed by atoms with Crippen molar-refractivity contribution in [2.75, 3.05) is 0 Å². The molecule has 4 aliphatic carbocycles. The lowest BCUT2D eigenvalue weighted by Gasteiger charge is -2.16. The number of rotatable bonds is 4. The molecule has 5 unspecified atom stereocenters. The van der Waals surface area contributed by atoms with Crippen LogP contribution in [0.1, 0.15) is 18.4 Å². The molecule has 0 saturated heterocycles. The van der Waals surface area contributed by atoms with E-state index in [0.717, 1.165) is 12.0 Å². The fourth-order valence-corrected chi connectivity index (χ4v) is 4.67. The number of amides is 1. The number of carboxylic acid groups (broad SMARTS) is 1. The van der Waals surface area contributed by atoms with Crippen LogP contribution in [0.2, 0.25) is 0 Å². The Kier molecular flexibility index (Phi) is 2.55. The molecule has 5 nitrogen and oxygen atoms in total. The quantitative estimate of drug-likeness (QED) is 0.888. The topological polar surface area (TPSA) is 75.6 Å². The second-order valence-corrected chi connectivity index (χ2v) is 6.41. The molecular formula is C16H17NO4. The SMILES string of the molecule is O=C(NC1C2CC3C1C3(C(=O)O)C2)OCc1ccccc1. The number of hydrogen-bond donors (Lipinski definition) is 2. The molecule has 1 aromatic carbocycles. The molecule has 4 aliphatic rings. The summed E-state index contributed by atoms with van der Waals surface area (Å²) in [7, 11) is 0. The Bertz CT molecular complexity index is 602. The van der Waals surface area contributed by atoms with E-state index in [2.05, 4.69) is 5.32 Å². The van der Waals surface area contributed by atoms with Gasteiger partial charge in [0, 0.05) is 6.04 Å². The smallest absolute Gasteiger partial charge is 0.407 e. The number of hydrogen-bond acceptors (Lipinski definition) is 3. The number of carbonyl (C=O) groups is 2. The molecule has 0 spiro atoms. The van der Waals surface area contributed by atoms with Crippen LogP contribution in [0.4, 0.5) is 4.79 Å². The predicted octanol–water partition coefficient (Wildman–Crippen LogP) is 2.02. The highest BCUT2D eigenvalue weighted by Gasteiger charge is 2.82. The number of aliphatic carboxylic acids is 1. The molecule has 0 radical (unpaired) electrons. The lowest BCUT2D eigenvalue weighted by atomic mass is 10.1. The third kappa shape index (κ3) is 1.69. The van der Waals surface area contributed by atoms with E-state index in [0.29, 0.717) is 12.3 Å². The van der Waals surface area contributed by atoms with Crippen LogP contribution >= 0.6 is 0 Å². The maximum Gasteiger partial charge on any atom is 0.407 e. The van der Waals surface area contributed by atoms with Crippen LogP contribution in [0, 0.1) is 23.2 Å². The summed E-state index contributed by atoms with van der Waals surface area (Å²) in [5.74, 6) is -0.00831. The van der Waals surface area contributed by atoms with Crippen molar-refractivity contribution in [3.8, 4) is 0 Å². The van der Waals surface area contributed by atoms with E-state index >= 15 is 0 Å². The number of carbonyl (C=O) groups excluding carboxylic acids is 1. The molecule has 5 heteroatoms. The first kappa shape index (κ1) is 12.7. The zero-order valence-electron chi connectivity index (χ0n) is 11.5. The number of benzene rings is 1. The molecular weight excluding hydrogens is 270 g/mol. The van der Waals surface area contributed by atoms with Crippen molar-refractivity contribution in [3.05, 3.63) is 35.9 Å². The summed E-state index contributed by atoms with van der Waals surface area (Å²) in [5, 5.41) is 12.3. The Morgan fingerprint density at radius 3 is 2.71 bits per heavy atom. The van der Waals surface area contributed by atoms with E-state index in [9.17, 15) is 14.7 Å². The average Bonchev–Trinajstić information content (AvgIpc) is 2.82. The fourth-order valence-electron chi connectivity index (χ4n) is 4.67. The van der Waals surface area contributed by atoms with Gasteiger partial charge in [0.05, 0.1) is 5.41 Å². The van der Waals surface area contributed by atoms with Gasteiger partial charge in [-0.25, -0.2) is 4.79 Å². The van der Waals surface area contributed by atoms with Crippen molar-refractivity contribution >= 4 is 12.1 Å². The summed E-state index contributed by atoms with van der Waals surface area (Å²) < 4.78 is 5.22. The van der Waals surface area contributed by atoms with Gasteiger partial charge in [-0.05, 0) is 36.2 Å². The lowest BCUT2D eigenvalue weighted by Crippen LogP contribution is -2.38. The first-order valence-electron chi connectivity index (χ1n) is 7.33. The van der Waals surface area contributed by atoms with E-state index in [1.165, 1.54) is 0 Å². The van der Waals surface area contributed by atoms with Crippen molar-refractivity contribution in [1.82, 2.24) is 5.32 Å². The third-order valence-corrected chi connectivity index (χ3v) is 5.53. The summed E-state index contributed by atoms with van der Waals surface area (Å²) in [4.78, 5) is 23.3. The van der Waals surface area contributed by atoms with Crippen molar-refractivity contribution in [1.29, 1.82) is 0 Å². The Morgan fingerprint density at radius 2 is 2.10 bits per heavy atom. The van der Waals surface area contributed by atoms with E-state index in [1.807, 2.05) is 30.3 Å². The van der Waals surface area contributed by atoms with Crippen LogP contribution in [0.5, 0.6) is 0 Å². The summed E-state index contributed by atoms with van der Waals surface area (Å²) in [6.45, 7) is 0.238. The van der Waals surface area contributed by atoms with Crippen molar-refractivity contribution in [3.63, 3.8) is 0 Å². The van der Waals surface area contributed by atoms with Gasteiger partial charge in [-0.3, -0.25) is 4.79 Å². The van der Waals surface area contributed by atoms with E-state index in [1.54, 1.807) is 0 Å². The normalized spacial score (nSPS) is 38.1. The first-order valence-corrected chi connectivity index (χ1v) is 7.33. The largest absolute Gasteiger partial charge is 0.481 e. The minimum atomic E-state index is -0.693. The minimum Gasteiger partial charge on any atom is -0.481 e. The number of alkyl carbamates (subject to hydrolysis) is 1. The molecule has 4 bridgehead atoms. The molecule has 4 fully saturated rings. The van der Waals surface area contributed by atoms with Crippen molar-refractivity contribution in [2.24, 2.45) is 23.2 Å². The number of ether oxygens (including phenoxy) is 1. The van der Waals surface area contributed by atoms with Gasteiger partial charge in [-0.15, -0.1) is 0 Å². The highest BCUT2D eigenvalue weighted by Crippen LogP contribution is 2.79. The molecule has 1 aromatic rings. The monoisotopic (exact) mass is 287 g/mol. The van der Waals surface area contributed by atoms with Crippen LogP contribution in [-0.2, 0) is 16.1 Å². The van der Waals surface area contributed by atoms with E-state index in [4.69, 9.17) is 4.74 Å². The molecule has 4 saturated carbocycles. The number of carboxylic acids is 1. The summed E-state index contributed by atoms with van der Waals surface area (Å²) in [5.41, 5.74) is 0.400. The maximum atomic E-state index is 11.9. The summed E-state index contributed by atoms with van der Waals surface area (Å²) in [6.07, 6.45) is 1.20. The van der Waals surface area contributed by atoms with E-state index in [-0.39, 0.29) is 24.5 Å². The molecule has 21 heavy (non-hydrogen) atoms. The zero-order chi connectivity index (χ0) is 14.6. The van der Waals surface area contributed by atoms with Gasteiger partial charge in [0.25, 0.3) is 0 Å².